The van der Waals surface area contributed by atoms with Gasteiger partial charge < -0.3 is 10.6 Å². The number of nitrogens with two attached hydrogens (primary N) is 1. The number of hydrogen-bond donors (Lipinski definition) is 1. The van der Waals surface area contributed by atoms with E-state index < -0.39 is 0 Å². The summed E-state index contributed by atoms with van der Waals surface area (Å²) >= 11 is 7.97. The second kappa shape index (κ2) is 6.41. The van der Waals surface area contributed by atoms with Crippen molar-refractivity contribution in [1.29, 1.82) is 0 Å². The van der Waals surface area contributed by atoms with Crippen molar-refractivity contribution in [3.63, 3.8) is 0 Å². The Kier molecular flexibility index (Phi) is 5.47. The maximum Gasteiger partial charge on any atom is 0.0656 e. The number of halogens is 1. The molecule has 1 unspecified atom stereocenters. The molecular formula is C13H21ClN2S. The zero-order valence-electron chi connectivity index (χ0n) is 11.0. The summed E-state index contributed by atoms with van der Waals surface area (Å²) in [5.41, 5.74) is 8.80. The molecule has 0 heterocycles. The van der Waals surface area contributed by atoms with E-state index in [1.54, 1.807) is 0 Å². The van der Waals surface area contributed by atoms with Gasteiger partial charge in [0.05, 0.1) is 10.7 Å². The van der Waals surface area contributed by atoms with E-state index in [-0.39, 0.29) is 0 Å². The van der Waals surface area contributed by atoms with Crippen molar-refractivity contribution >= 4 is 34.7 Å². The smallest absolute Gasteiger partial charge is 0.0656 e. The lowest BCUT2D eigenvalue weighted by Crippen LogP contribution is -2.33. The maximum absolute atomic E-state index is 6.10. The average molecular weight is 273 g/mol. The molecule has 0 spiro atoms. The average Bonchev–Trinajstić information content (AvgIpc) is 2.30. The van der Waals surface area contributed by atoms with Crippen LogP contribution in [0.2, 0.25) is 5.02 Å². The molecule has 0 radical (unpaired) electrons. The Hall–Kier alpha value is -0.540. The van der Waals surface area contributed by atoms with E-state index in [0.717, 1.165) is 12.2 Å². The summed E-state index contributed by atoms with van der Waals surface area (Å²) in [7, 11) is 2.12. The third-order valence-electron chi connectivity index (χ3n) is 3.07. The molecule has 2 N–H and O–H groups in total. The summed E-state index contributed by atoms with van der Waals surface area (Å²) in [6.07, 6.45) is 3.26. The first-order valence-electron chi connectivity index (χ1n) is 5.78. The van der Waals surface area contributed by atoms with Crippen LogP contribution >= 0.6 is 23.4 Å². The van der Waals surface area contributed by atoms with Crippen LogP contribution in [0.3, 0.4) is 0 Å². The van der Waals surface area contributed by atoms with Crippen LogP contribution in [0, 0.1) is 6.92 Å². The Balaban J connectivity index is 3.02. The van der Waals surface area contributed by atoms with Gasteiger partial charge in [0.2, 0.25) is 0 Å². The van der Waals surface area contributed by atoms with Crippen molar-refractivity contribution in [2.75, 3.05) is 29.7 Å². The molecule has 1 aromatic carbocycles. The molecule has 1 rings (SSSR count). The van der Waals surface area contributed by atoms with E-state index in [1.807, 2.05) is 23.9 Å². The minimum Gasteiger partial charge on any atom is -0.398 e. The van der Waals surface area contributed by atoms with Crippen molar-refractivity contribution in [2.45, 2.75) is 26.3 Å². The molecule has 0 saturated carbocycles. The van der Waals surface area contributed by atoms with Gasteiger partial charge in [0, 0.05) is 24.5 Å². The zero-order chi connectivity index (χ0) is 13.0. The van der Waals surface area contributed by atoms with Crippen molar-refractivity contribution in [3.8, 4) is 0 Å². The highest BCUT2D eigenvalue weighted by Crippen LogP contribution is 2.30. The number of benzene rings is 1. The molecule has 1 aromatic rings. The fourth-order valence-electron chi connectivity index (χ4n) is 1.97. The van der Waals surface area contributed by atoms with Gasteiger partial charge in [-0.25, -0.2) is 0 Å². The number of rotatable bonds is 5. The van der Waals surface area contributed by atoms with Crippen LogP contribution in [0.1, 0.15) is 18.9 Å². The molecule has 4 heteroatoms. The molecule has 0 aromatic heterocycles. The summed E-state index contributed by atoms with van der Waals surface area (Å²) < 4.78 is 0. The molecule has 0 bridgehead atoms. The summed E-state index contributed by atoms with van der Waals surface area (Å²) in [5, 5.41) is 0.636. The van der Waals surface area contributed by atoms with Gasteiger partial charge in [-0.15, -0.1) is 0 Å². The van der Waals surface area contributed by atoms with E-state index in [9.17, 15) is 0 Å². The number of nitrogens with zero attached hydrogens (tertiary/aromatic N) is 1. The lowest BCUT2D eigenvalue weighted by atomic mass is 10.1. The van der Waals surface area contributed by atoms with E-state index in [0.29, 0.717) is 16.8 Å². The number of anilines is 2. The summed E-state index contributed by atoms with van der Waals surface area (Å²) in [6.45, 7) is 4.29. The van der Waals surface area contributed by atoms with Gasteiger partial charge in [0.1, 0.15) is 0 Å². The Morgan fingerprint density at radius 1 is 1.47 bits per heavy atom. The Morgan fingerprint density at radius 2 is 2.12 bits per heavy atom. The van der Waals surface area contributed by atoms with Crippen LogP contribution in [0.5, 0.6) is 0 Å². The minimum absolute atomic E-state index is 0.531. The topological polar surface area (TPSA) is 29.3 Å². The van der Waals surface area contributed by atoms with Crippen molar-refractivity contribution in [3.05, 3.63) is 22.7 Å². The number of thioether (sulfide) groups is 1. The highest BCUT2D eigenvalue weighted by atomic mass is 35.5. The van der Waals surface area contributed by atoms with Crippen molar-refractivity contribution < 1.29 is 0 Å². The normalized spacial score (nSPS) is 12.5. The van der Waals surface area contributed by atoms with Gasteiger partial charge in [-0.3, -0.25) is 0 Å². The third kappa shape index (κ3) is 3.46. The van der Waals surface area contributed by atoms with Crippen molar-refractivity contribution in [1.82, 2.24) is 0 Å². The van der Waals surface area contributed by atoms with Crippen molar-refractivity contribution in [2.24, 2.45) is 0 Å². The molecule has 96 valence electrons. The number of nitrogen functional groups attached to an aromatic ring is 1. The largest absolute Gasteiger partial charge is 0.398 e. The second-order valence-electron chi connectivity index (χ2n) is 4.29. The molecule has 0 aliphatic rings. The van der Waals surface area contributed by atoms with E-state index in [2.05, 4.69) is 32.1 Å². The molecule has 0 aliphatic carbocycles. The molecule has 1 atom stereocenters. The predicted molar refractivity (Wildman–Crippen MR) is 81.5 cm³/mol. The minimum atomic E-state index is 0.531. The Bertz CT molecular complexity index is 382. The van der Waals surface area contributed by atoms with Gasteiger partial charge in [0.15, 0.2) is 0 Å². The monoisotopic (exact) mass is 272 g/mol. The quantitative estimate of drug-likeness (QED) is 0.827. The van der Waals surface area contributed by atoms with E-state index >= 15 is 0 Å². The molecule has 2 nitrogen and oxygen atoms in total. The zero-order valence-corrected chi connectivity index (χ0v) is 12.5. The fraction of sp³-hybridized carbons (Fsp3) is 0.538. The standard InChI is InChI=1S/C13H21ClN2S/c1-5-10(8-17-4)16(3)13-7-11(14)12(15)6-9(13)2/h6-7,10H,5,8,15H2,1-4H3. The lowest BCUT2D eigenvalue weighted by Gasteiger charge is -2.30. The highest BCUT2D eigenvalue weighted by Gasteiger charge is 2.15. The van der Waals surface area contributed by atoms with E-state index in [4.69, 9.17) is 17.3 Å². The number of hydrogen-bond acceptors (Lipinski definition) is 3. The van der Waals surface area contributed by atoms with Crippen LogP contribution in [0.15, 0.2) is 12.1 Å². The summed E-state index contributed by atoms with van der Waals surface area (Å²) in [4.78, 5) is 2.30. The molecule has 0 fully saturated rings. The fourth-order valence-corrected chi connectivity index (χ4v) is 2.97. The first-order chi connectivity index (χ1) is 8.01. The van der Waals surface area contributed by atoms with Crippen LogP contribution in [0.4, 0.5) is 11.4 Å². The predicted octanol–water partition coefficient (Wildman–Crippen LogP) is 3.81. The van der Waals surface area contributed by atoms with Crippen LogP contribution in [-0.4, -0.2) is 25.1 Å². The number of aryl methyl sites for hydroxylation is 1. The SMILES string of the molecule is CCC(CSC)N(C)c1cc(Cl)c(N)cc1C. The molecule has 0 aliphatic heterocycles. The van der Waals surface area contributed by atoms with Gasteiger partial charge in [0.25, 0.3) is 0 Å². The molecule has 0 amide bonds. The van der Waals surface area contributed by atoms with Crippen LogP contribution in [-0.2, 0) is 0 Å². The van der Waals surface area contributed by atoms with Gasteiger partial charge in [-0.05, 0) is 37.3 Å². The Labute approximate surface area is 114 Å². The third-order valence-corrected chi connectivity index (χ3v) is 4.12. The second-order valence-corrected chi connectivity index (χ2v) is 5.61. The van der Waals surface area contributed by atoms with Crippen LogP contribution in [0.25, 0.3) is 0 Å². The van der Waals surface area contributed by atoms with Gasteiger partial charge >= 0.3 is 0 Å². The highest BCUT2D eigenvalue weighted by molar-refractivity contribution is 7.98. The van der Waals surface area contributed by atoms with Gasteiger partial charge in [-0.2, -0.15) is 11.8 Å². The molecule has 0 saturated heterocycles. The molecule has 17 heavy (non-hydrogen) atoms. The Morgan fingerprint density at radius 3 is 2.65 bits per heavy atom. The summed E-state index contributed by atoms with van der Waals surface area (Å²) in [6, 6.07) is 4.44. The summed E-state index contributed by atoms with van der Waals surface area (Å²) in [5.74, 6) is 1.12. The molecular weight excluding hydrogens is 252 g/mol. The first kappa shape index (κ1) is 14.5. The lowest BCUT2D eigenvalue weighted by molar-refractivity contribution is 0.672. The van der Waals surface area contributed by atoms with E-state index in [1.165, 1.54) is 11.3 Å². The van der Waals surface area contributed by atoms with Gasteiger partial charge in [-0.1, -0.05) is 18.5 Å². The van der Waals surface area contributed by atoms with Crippen LogP contribution < -0.4 is 10.6 Å². The maximum atomic E-state index is 6.10. The first-order valence-corrected chi connectivity index (χ1v) is 7.55.